The molecule has 0 bridgehead atoms. The normalized spacial score (nSPS) is 20.6. The molecular weight excluding hydrogens is 326 g/mol. The molecule has 2 fully saturated rings. The smallest absolute Gasteiger partial charge is 0.254 e. The number of rotatable bonds is 4. The summed E-state index contributed by atoms with van der Waals surface area (Å²) in [7, 11) is 0. The first kappa shape index (κ1) is 15.6. The second-order valence-corrected chi connectivity index (χ2v) is 7.57. The number of nitrogens with one attached hydrogen (secondary N) is 1. The fraction of sp³-hybridized carbons (Fsp3) is 0.450. The molecule has 1 aliphatic carbocycles. The van der Waals surface area contributed by atoms with Gasteiger partial charge in [0.05, 0.1) is 6.04 Å². The van der Waals surface area contributed by atoms with Gasteiger partial charge in [-0.05, 0) is 62.3 Å². The molecule has 0 radical (unpaired) electrons. The number of likely N-dealkylation sites (tertiary alicyclic amines) is 1. The van der Waals surface area contributed by atoms with Gasteiger partial charge in [-0.15, -0.1) is 10.2 Å². The maximum Gasteiger partial charge on any atom is 0.254 e. The van der Waals surface area contributed by atoms with Crippen molar-refractivity contribution in [2.24, 2.45) is 5.92 Å². The molecule has 0 spiro atoms. The molecule has 1 aliphatic heterocycles. The van der Waals surface area contributed by atoms with E-state index in [-0.39, 0.29) is 11.9 Å². The number of H-pyrrole nitrogens is 1. The molecule has 1 aromatic carbocycles. The first-order chi connectivity index (χ1) is 12.8. The summed E-state index contributed by atoms with van der Waals surface area (Å²) >= 11 is 0. The number of aromatic amines is 1. The average molecular weight is 349 g/mol. The molecule has 1 saturated carbocycles. The van der Waals surface area contributed by atoms with Crippen LogP contribution in [0.15, 0.2) is 36.8 Å². The summed E-state index contributed by atoms with van der Waals surface area (Å²) < 4.78 is 2.17. The third-order valence-corrected chi connectivity index (χ3v) is 5.66. The van der Waals surface area contributed by atoms with Crippen LogP contribution in [-0.4, -0.2) is 37.1 Å². The molecular formula is C20H23N5O. The Morgan fingerprint density at radius 2 is 2.12 bits per heavy atom. The van der Waals surface area contributed by atoms with E-state index in [1.54, 1.807) is 0 Å². The minimum atomic E-state index is 0.0272. The number of hydrogen-bond donors (Lipinski definition) is 1. The SMILES string of the molecule is O=C(c1ccc2[nH]ccc2c1)N1CCCCC1c1nncn1CC1CC1. The second kappa shape index (κ2) is 6.27. The monoisotopic (exact) mass is 349 g/mol. The summed E-state index contributed by atoms with van der Waals surface area (Å²) in [6.45, 7) is 1.77. The Balaban J connectivity index is 1.45. The van der Waals surface area contributed by atoms with E-state index < -0.39 is 0 Å². The topological polar surface area (TPSA) is 66.8 Å². The fourth-order valence-electron chi connectivity index (χ4n) is 4.04. The van der Waals surface area contributed by atoms with Gasteiger partial charge in [-0.1, -0.05) is 0 Å². The highest BCUT2D eigenvalue weighted by atomic mass is 16.2. The molecule has 5 rings (SSSR count). The lowest BCUT2D eigenvalue weighted by Gasteiger charge is -2.35. The van der Waals surface area contributed by atoms with Crippen molar-refractivity contribution in [3.8, 4) is 0 Å². The molecule has 134 valence electrons. The third-order valence-electron chi connectivity index (χ3n) is 5.66. The Labute approximate surface area is 152 Å². The molecule has 6 heteroatoms. The first-order valence-electron chi connectivity index (χ1n) is 9.55. The van der Waals surface area contributed by atoms with E-state index in [0.717, 1.165) is 60.6 Å². The number of aromatic nitrogens is 4. The van der Waals surface area contributed by atoms with Crippen molar-refractivity contribution in [3.05, 3.63) is 48.2 Å². The summed E-state index contributed by atoms with van der Waals surface area (Å²) in [5.74, 6) is 1.81. The molecule has 3 aromatic rings. The quantitative estimate of drug-likeness (QED) is 0.783. The van der Waals surface area contributed by atoms with Crippen LogP contribution in [0.5, 0.6) is 0 Å². The number of hydrogen-bond acceptors (Lipinski definition) is 3. The summed E-state index contributed by atoms with van der Waals surface area (Å²) in [5.41, 5.74) is 1.80. The van der Waals surface area contributed by atoms with Gasteiger partial charge in [-0.3, -0.25) is 4.79 Å². The van der Waals surface area contributed by atoms with E-state index in [0.29, 0.717) is 0 Å². The van der Waals surface area contributed by atoms with Crippen LogP contribution in [0.4, 0.5) is 0 Å². The lowest BCUT2D eigenvalue weighted by molar-refractivity contribution is 0.0594. The number of benzene rings is 1. The van der Waals surface area contributed by atoms with E-state index in [9.17, 15) is 4.79 Å². The van der Waals surface area contributed by atoms with Gasteiger partial charge in [0, 0.05) is 35.8 Å². The van der Waals surface area contributed by atoms with Crippen LogP contribution in [0, 0.1) is 5.92 Å². The fourth-order valence-corrected chi connectivity index (χ4v) is 4.04. The molecule has 6 nitrogen and oxygen atoms in total. The Morgan fingerprint density at radius 1 is 1.19 bits per heavy atom. The standard InChI is InChI=1S/C20H23N5O/c26-20(16-6-7-17-15(11-16)8-9-21-17)25-10-2-1-3-18(25)19-23-22-13-24(19)12-14-4-5-14/h6-9,11,13-14,18,21H,1-5,10,12H2. The van der Waals surface area contributed by atoms with Crippen LogP contribution < -0.4 is 0 Å². The lowest BCUT2D eigenvalue weighted by atomic mass is 9.99. The molecule has 2 aliphatic rings. The van der Waals surface area contributed by atoms with E-state index in [4.69, 9.17) is 0 Å². The van der Waals surface area contributed by atoms with Gasteiger partial charge in [0.2, 0.25) is 0 Å². The van der Waals surface area contributed by atoms with Crippen molar-refractivity contribution in [2.45, 2.75) is 44.7 Å². The van der Waals surface area contributed by atoms with Crippen LogP contribution >= 0.6 is 0 Å². The summed E-state index contributed by atoms with van der Waals surface area (Å²) in [6.07, 6.45) is 9.46. The van der Waals surface area contributed by atoms with E-state index in [1.165, 1.54) is 12.8 Å². The average Bonchev–Trinajstić information content (AvgIpc) is 3.17. The van der Waals surface area contributed by atoms with Gasteiger partial charge in [-0.25, -0.2) is 0 Å². The molecule has 1 unspecified atom stereocenters. The van der Waals surface area contributed by atoms with Crippen LogP contribution in [0.2, 0.25) is 0 Å². The molecule has 26 heavy (non-hydrogen) atoms. The largest absolute Gasteiger partial charge is 0.361 e. The Hall–Kier alpha value is -2.63. The number of amides is 1. The van der Waals surface area contributed by atoms with Gasteiger partial charge in [-0.2, -0.15) is 0 Å². The van der Waals surface area contributed by atoms with Crippen molar-refractivity contribution in [1.29, 1.82) is 0 Å². The maximum atomic E-state index is 13.3. The van der Waals surface area contributed by atoms with Gasteiger partial charge < -0.3 is 14.5 Å². The van der Waals surface area contributed by atoms with Crippen molar-refractivity contribution >= 4 is 16.8 Å². The van der Waals surface area contributed by atoms with E-state index in [1.807, 2.05) is 41.7 Å². The molecule has 3 heterocycles. The van der Waals surface area contributed by atoms with Crippen LogP contribution in [0.25, 0.3) is 10.9 Å². The highest BCUT2D eigenvalue weighted by molar-refractivity contribution is 5.98. The Kier molecular flexibility index (Phi) is 3.76. The Bertz CT molecular complexity index is 938. The van der Waals surface area contributed by atoms with Crippen molar-refractivity contribution in [2.75, 3.05) is 6.54 Å². The van der Waals surface area contributed by atoms with Crippen molar-refractivity contribution in [1.82, 2.24) is 24.6 Å². The number of piperidine rings is 1. The van der Waals surface area contributed by atoms with Gasteiger partial charge in [0.25, 0.3) is 5.91 Å². The third kappa shape index (κ3) is 2.79. The number of carbonyl (C=O) groups is 1. The molecule has 1 amide bonds. The van der Waals surface area contributed by atoms with Gasteiger partial charge in [0.1, 0.15) is 6.33 Å². The minimum Gasteiger partial charge on any atom is -0.361 e. The van der Waals surface area contributed by atoms with Gasteiger partial charge >= 0.3 is 0 Å². The summed E-state index contributed by atoms with van der Waals surface area (Å²) in [6, 6.07) is 7.92. The predicted molar refractivity (Wildman–Crippen MR) is 98.7 cm³/mol. The molecule has 1 N–H and O–H groups in total. The van der Waals surface area contributed by atoms with Crippen LogP contribution in [-0.2, 0) is 6.54 Å². The highest BCUT2D eigenvalue weighted by Gasteiger charge is 2.33. The summed E-state index contributed by atoms with van der Waals surface area (Å²) in [5, 5.41) is 9.62. The zero-order valence-electron chi connectivity index (χ0n) is 14.8. The van der Waals surface area contributed by atoms with E-state index >= 15 is 0 Å². The zero-order chi connectivity index (χ0) is 17.5. The maximum absolute atomic E-state index is 13.3. The zero-order valence-corrected chi connectivity index (χ0v) is 14.8. The minimum absolute atomic E-state index is 0.0272. The van der Waals surface area contributed by atoms with E-state index in [2.05, 4.69) is 19.7 Å². The highest BCUT2D eigenvalue weighted by Crippen LogP contribution is 2.35. The predicted octanol–water partition coefficient (Wildman–Crippen LogP) is 3.54. The summed E-state index contributed by atoms with van der Waals surface area (Å²) in [4.78, 5) is 18.5. The van der Waals surface area contributed by atoms with Crippen molar-refractivity contribution < 1.29 is 4.79 Å². The number of fused-ring (bicyclic) bond motifs is 1. The number of nitrogens with zero attached hydrogens (tertiary/aromatic N) is 4. The molecule has 1 saturated heterocycles. The van der Waals surface area contributed by atoms with Crippen molar-refractivity contribution in [3.63, 3.8) is 0 Å². The molecule has 1 atom stereocenters. The second-order valence-electron chi connectivity index (χ2n) is 7.57. The van der Waals surface area contributed by atoms with Crippen LogP contribution in [0.3, 0.4) is 0 Å². The number of carbonyl (C=O) groups excluding carboxylic acids is 1. The first-order valence-corrected chi connectivity index (χ1v) is 9.55. The van der Waals surface area contributed by atoms with Gasteiger partial charge in [0.15, 0.2) is 5.82 Å². The molecule has 2 aromatic heterocycles. The lowest BCUT2D eigenvalue weighted by Crippen LogP contribution is -2.39. The Morgan fingerprint density at radius 3 is 3.00 bits per heavy atom. The van der Waals surface area contributed by atoms with Crippen LogP contribution in [0.1, 0.15) is 54.3 Å².